The fraction of sp³-hybridized carbons (Fsp3) is 0.533. The van der Waals surface area contributed by atoms with E-state index in [0.717, 1.165) is 5.75 Å². The summed E-state index contributed by atoms with van der Waals surface area (Å²) in [6, 6.07) is 8.32. The summed E-state index contributed by atoms with van der Waals surface area (Å²) < 4.78 is 0. The van der Waals surface area contributed by atoms with Crippen molar-refractivity contribution in [2.24, 2.45) is 0 Å². The van der Waals surface area contributed by atoms with Crippen molar-refractivity contribution in [1.29, 1.82) is 0 Å². The van der Waals surface area contributed by atoms with E-state index in [1.54, 1.807) is 23.5 Å². The molecule has 5 heteroatoms. The Morgan fingerprint density at radius 1 is 1.45 bits per heavy atom. The number of aryl methyl sites for hydroxylation is 1. The van der Waals surface area contributed by atoms with Gasteiger partial charge in [-0.05, 0) is 25.7 Å². The summed E-state index contributed by atoms with van der Waals surface area (Å²) in [4.78, 5) is 11.8. The van der Waals surface area contributed by atoms with Crippen LogP contribution in [0.15, 0.2) is 24.3 Å². The molecule has 2 unspecified atom stereocenters. The zero-order valence-electron chi connectivity index (χ0n) is 12.3. The monoisotopic (exact) mass is 313 g/mol. The zero-order valence-corrected chi connectivity index (χ0v) is 13.9. The molecule has 2 N–H and O–H groups in total. The molecular weight excluding hydrogens is 290 g/mol. The van der Waals surface area contributed by atoms with Crippen molar-refractivity contribution >= 4 is 29.4 Å². The molecule has 20 heavy (non-hydrogen) atoms. The van der Waals surface area contributed by atoms with Crippen LogP contribution in [0.2, 0.25) is 0 Å². The highest BCUT2D eigenvalue weighted by Gasteiger charge is 2.17. The van der Waals surface area contributed by atoms with E-state index in [4.69, 9.17) is 0 Å². The molecule has 0 aliphatic carbocycles. The van der Waals surface area contributed by atoms with Gasteiger partial charge in [-0.25, -0.2) is 0 Å². The maximum absolute atomic E-state index is 11.8. The first-order chi connectivity index (χ1) is 9.56. The van der Waals surface area contributed by atoms with E-state index in [1.165, 1.54) is 11.1 Å². The molecule has 0 saturated heterocycles. The predicted octanol–water partition coefficient (Wildman–Crippen LogP) is 2.46. The van der Waals surface area contributed by atoms with Crippen LogP contribution in [0.1, 0.15) is 18.1 Å². The van der Waals surface area contributed by atoms with Crippen LogP contribution < -0.4 is 5.32 Å². The quantitative estimate of drug-likeness (QED) is 0.774. The maximum atomic E-state index is 11.8. The van der Waals surface area contributed by atoms with Gasteiger partial charge in [0, 0.05) is 17.0 Å². The van der Waals surface area contributed by atoms with Gasteiger partial charge in [-0.15, -0.1) is 11.8 Å². The van der Waals surface area contributed by atoms with E-state index in [-0.39, 0.29) is 23.8 Å². The van der Waals surface area contributed by atoms with Gasteiger partial charge in [0.25, 0.3) is 0 Å². The number of aliphatic hydroxyl groups is 1. The lowest BCUT2D eigenvalue weighted by Crippen LogP contribution is -2.42. The number of carbonyl (C=O) groups excluding carboxylic acids is 1. The number of benzene rings is 1. The minimum atomic E-state index is -0.0120. The molecule has 1 rings (SSSR count). The third-order valence-corrected chi connectivity index (χ3v) is 5.18. The number of amides is 1. The predicted molar refractivity (Wildman–Crippen MR) is 89.3 cm³/mol. The first-order valence-electron chi connectivity index (χ1n) is 6.63. The molecule has 0 bridgehead atoms. The fourth-order valence-corrected chi connectivity index (χ4v) is 3.30. The number of thioether (sulfide) groups is 2. The molecule has 0 aliphatic heterocycles. The highest BCUT2D eigenvalue weighted by atomic mass is 32.2. The van der Waals surface area contributed by atoms with Gasteiger partial charge >= 0.3 is 0 Å². The van der Waals surface area contributed by atoms with Gasteiger partial charge in [-0.2, -0.15) is 11.8 Å². The van der Waals surface area contributed by atoms with Gasteiger partial charge in [-0.1, -0.05) is 29.8 Å². The number of hydrogen-bond donors (Lipinski definition) is 2. The fourth-order valence-electron chi connectivity index (χ4n) is 1.89. The van der Waals surface area contributed by atoms with Crippen LogP contribution >= 0.6 is 23.5 Å². The van der Waals surface area contributed by atoms with Crippen LogP contribution in [0.25, 0.3) is 0 Å². The summed E-state index contributed by atoms with van der Waals surface area (Å²) in [5.74, 6) is 1.32. The van der Waals surface area contributed by atoms with Crippen molar-refractivity contribution in [2.75, 3.05) is 18.6 Å². The minimum Gasteiger partial charge on any atom is -0.395 e. The van der Waals surface area contributed by atoms with Gasteiger partial charge < -0.3 is 10.4 Å². The molecule has 1 aromatic carbocycles. The third kappa shape index (κ3) is 6.20. The van der Waals surface area contributed by atoms with Gasteiger partial charge in [0.2, 0.25) is 5.91 Å². The Hall–Kier alpha value is -0.650. The molecular formula is C15H23NO2S2. The zero-order chi connectivity index (χ0) is 15.0. The van der Waals surface area contributed by atoms with Gasteiger partial charge in [-0.3, -0.25) is 4.79 Å². The molecule has 3 nitrogen and oxygen atoms in total. The second kappa shape index (κ2) is 9.32. The molecule has 1 aromatic rings. The van der Waals surface area contributed by atoms with Crippen LogP contribution in [0.4, 0.5) is 0 Å². The highest BCUT2D eigenvalue weighted by Crippen LogP contribution is 2.14. The average Bonchev–Trinajstić information content (AvgIpc) is 2.40. The van der Waals surface area contributed by atoms with Crippen LogP contribution in [0.5, 0.6) is 0 Å². The molecule has 0 saturated carbocycles. The standard InChI is InChI=1S/C15H23NO2S2/c1-11-5-4-6-13(7-11)9-20-10-15(18)16-12(2)14(8-17)19-3/h4-7,12,14,17H,8-10H2,1-3H3,(H,16,18). The van der Waals surface area contributed by atoms with Crippen LogP contribution in [0.3, 0.4) is 0 Å². The molecule has 1 amide bonds. The molecule has 0 heterocycles. The Morgan fingerprint density at radius 3 is 2.80 bits per heavy atom. The van der Waals surface area contributed by atoms with Crippen LogP contribution in [-0.4, -0.2) is 40.9 Å². The van der Waals surface area contributed by atoms with E-state index in [9.17, 15) is 9.90 Å². The summed E-state index contributed by atoms with van der Waals surface area (Å²) in [7, 11) is 0. The first-order valence-corrected chi connectivity index (χ1v) is 9.07. The smallest absolute Gasteiger partial charge is 0.230 e. The Kier molecular flexibility index (Phi) is 8.11. The Bertz CT molecular complexity index is 422. The number of aliphatic hydroxyl groups excluding tert-OH is 1. The lowest BCUT2D eigenvalue weighted by atomic mass is 10.2. The van der Waals surface area contributed by atoms with E-state index in [0.29, 0.717) is 5.75 Å². The number of nitrogens with one attached hydrogen (secondary N) is 1. The normalized spacial score (nSPS) is 13.8. The molecule has 0 spiro atoms. The third-order valence-electron chi connectivity index (χ3n) is 3.01. The van der Waals surface area contributed by atoms with Crippen LogP contribution in [-0.2, 0) is 10.5 Å². The lowest BCUT2D eigenvalue weighted by Gasteiger charge is -2.21. The number of rotatable bonds is 8. The van der Waals surface area contributed by atoms with Crippen molar-refractivity contribution in [3.8, 4) is 0 Å². The number of hydrogen-bond acceptors (Lipinski definition) is 4. The van der Waals surface area contributed by atoms with Crippen molar-refractivity contribution in [2.45, 2.75) is 30.9 Å². The second-order valence-corrected chi connectivity index (χ2v) is 6.86. The van der Waals surface area contributed by atoms with Gasteiger partial charge in [0.1, 0.15) is 0 Å². The number of carbonyl (C=O) groups is 1. The molecule has 0 fully saturated rings. The molecule has 0 aromatic heterocycles. The molecule has 0 radical (unpaired) electrons. The Morgan fingerprint density at radius 2 is 2.20 bits per heavy atom. The average molecular weight is 313 g/mol. The first kappa shape index (κ1) is 17.4. The van der Waals surface area contributed by atoms with Gasteiger partial charge in [0.15, 0.2) is 0 Å². The summed E-state index contributed by atoms with van der Waals surface area (Å²) in [5.41, 5.74) is 2.49. The molecule has 2 atom stereocenters. The molecule has 112 valence electrons. The SMILES string of the molecule is CSC(CO)C(C)NC(=O)CSCc1cccc(C)c1. The van der Waals surface area contributed by atoms with Crippen molar-refractivity contribution in [3.63, 3.8) is 0 Å². The summed E-state index contributed by atoms with van der Waals surface area (Å²) in [5, 5.41) is 12.2. The minimum absolute atomic E-state index is 0.0120. The topological polar surface area (TPSA) is 49.3 Å². The molecule has 0 aliphatic rings. The lowest BCUT2D eigenvalue weighted by molar-refractivity contribution is -0.119. The summed E-state index contributed by atoms with van der Waals surface area (Å²) in [6.07, 6.45) is 1.94. The summed E-state index contributed by atoms with van der Waals surface area (Å²) >= 11 is 3.18. The highest BCUT2D eigenvalue weighted by molar-refractivity contribution is 7.99. The Balaban J connectivity index is 2.30. The van der Waals surface area contributed by atoms with E-state index in [1.807, 2.05) is 19.2 Å². The van der Waals surface area contributed by atoms with E-state index in [2.05, 4.69) is 30.4 Å². The summed E-state index contributed by atoms with van der Waals surface area (Å²) in [6.45, 7) is 4.08. The van der Waals surface area contributed by atoms with Gasteiger partial charge in [0.05, 0.1) is 12.4 Å². The van der Waals surface area contributed by atoms with Crippen LogP contribution in [0, 0.1) is 6.92 Å². The van der Waals surface area contributed by atoms with Crippen molar-refractivity contribution < 1.29 is 9.90 Å². The second-order valence-electron chi connectivity index (χ2n) is 4.79. The van der Waals surface area contributed by atoms with E-state index < -0.39 is 0 Å². The van der Waals surface area contributed by atoms with E-state index >= 15 is 0 Å². The Labute approximate surface area is 129 Å². The largest absolute Gasteiger partial charge is 0.395 e. The van der Waals surface area contributed by atoms with Crippen molar-refractivity contribution in [3.05, 3.63) is 35.4 Å². The van der Waals surface area contributed by atoms with Crippen molar-refractivity contribution in [1.82, 2.24) is 5.32 Å². The maximum Gasteiger partial charge on any atom is 0.230 e.